The number of amides is 2. The number of hydrogen-bond acceptors (Lipinski definition) is 4. The molecule has 1 heterocycles. The van der Waals surface area contributed by atoms with Crippen molar-refractivity contribution in [1.29, 1.82) is 0 Å². The van der Waals surface area contributed by atoms with E-state index in [1.165, 1.54) is 23.7 Å². The molecule has 1 atom stereocenters. The minimum absolute atomic E-state index is 0.0166. The van der Waals surface area contributed by atoms with Crippen molar-refractivity contribution in [2.45, 2.75) is 39.3 Å². The van der Waals surface area contributed by atoms with Crippen molar-refractivity contribution < 1.29 is 27.5 Å². The first-order chi connectivity index (χ1) is 15.6. The molecule has 0 fully saturated rings. The highest BCUT2D eigenvalue weighted by molar-refractivity contribution is 6.02. The van der Waals surface area contributed by atoms with E-state index in [9.17, 15) is 22.8 Å². The first kappa shape index (κ1) is 24.0. The smallest absolute Gasteiger partial charge is 0.370 e. The summed E-state index contributed by atoms with van der Waals surface area (Å²) in [6.45, 7) is 3.14. The van der Waals surface area contributed by atoms with E-state index in [0.717, 1.165) is 17.7 Å². The van der Waals surface area contributed by atoms with Crippen molar-refractivity contribution in [3.8, 4) is 0 Å². The number of nitrogens with zero attached hydrogens (tertiary/aromatic N) is 2. The van der Waals surface area contributed by atoms with E-state index in [2.05, 4.69) is 10.4 Å². The molecule has 0 bridgehead atoms. The number of hydrogen-bond donors (Lipinski definition) is 2. The molecule has 0 spiro atoms. The molecule has 7 nitrogen and oxygen atoms in total. The molecule has 3 N–H and O–H groups in total. The average molecular weight is 460 g/mol. The van der Waals surface area contributed by atoms with Gasteiger partial charge in [0.15, 0.2) is 0 Å². The van der Waals surface area contributed by atoms with Crippen molar-refractivity contribution in [1.82, 2.24) is 9.78 Å². The minimum atomic E-state index is -4.46. The van der Waals surface area contributed by atoms with Gasteiger partial charge in [-0.3, -0.25) is 9.59 Å². The van der Waals surface area contributed by atoms with Gasteiger partial charge in [0.1, 0.15) is 17.1 Å². The lowest BCUT2D eigenvalue weighted by molar-refractivity contribution is -0.137. The van der Waals surface area contributed by atoms with Gasteiger partial charge in [-0.05, 0) is 30.2 Å². The van der Waals surface area contributed by atoms with Crippen molar-refractivity contribution >= 4 is 17.6 Å². The van der Waals surface area contributed by atoms with Crippen molar-refractivity contribution in [3.63, 3.8) is 0 Å². The summed E-state index contributed by atoms with van der Waals surface area (Å²) >= 11 is 0. The van der Waals surface area contributed by atoms with Gasteiger partial charge in [0.25, 0.3) is 5.91 Å². The van der Waals surface area contributed by atoms with Crippen LogP contribution in [0, 0.1) is 0 Å². The molecular formula is C23H23F3N4O3. The number of aromatic nitrogens is 2. The second-order valence-electron chi connectivity index (χ2n) is 7.43. The maximum atomic E-state index is 12.9. The van der Waals surface area contributed by atoms with Gasteiger partial charge in [0.05, 0.1) is 24.8 Å². The molecule has 33 heavy (non-hydrogen) atoms. The summed E-state index contributed by atoms with van der Waals surface area (Å²) in [5, 5.41) is 6.98. The van der Waals surface area contributed by atoms with E-state index in [-0.39, 0.29) is 30.3 Å². The first-order valence-corrected chi connectivity index (χ1v) is 10.1. The van der Waals surface area contributed by atoms with E-state index in [4.69, 9.17) is 10.5 Å². The van der Waals surface area contributed by atoms with Crippen LogP contribution < -0.4 is 11.1 Å². The second-order valence-corrected chi connectivity index (χ2v) is 7.43. The topological polar surface area (TPSA) is 99.2 Å². The molecule has 1 unspecified atom stereocenters. The Bertz CT molecular complexity index is 1130. The molecule has 0 aliphatic rings. The molecule has 0 saturated carbocycles. The summed E-state index contributed by atoms with van der Waals surface area (Å²) in [5.41, 5.74) is 6.38. The zero-order chi connectivity index (χ0) is 24.2. The lowest BCUT2D eigenvalue weighted by Crippen LogP contribution is -2.20. The third-order valence-electron chi connectivity index (χ3n) is 4.96. The van der Waals surface area contributed by atoms with Gasteiger partial charge < -0.3 is 15.8 Å². The zero-order valence-electron chi connectivity index (χ0n) is 18.0. The maximum absolute atomic E-state index is 12.9. The van der Waals surface area contributed by atoms with Gasteiger partial charge in [-0.2, -0.15) is 18.3 Å². The van der Waals surface area contributed by atoms with Gasteiger partial charge in [-0.25, -0.2) is 4.68 Å². The highest BCUT2D eigenvalue weighted by Gasteiger charge is 2.31. The molecule has 1 aromatic heterocycles. The number of halogens is 3. The maximum Gasteiger partial charge on any atom is 0.416 e. The van der Waals surface area contributed by atoms with E-state index < -0.39 is 29.6 Å². The molecule has 2 aromatic carbocycles. The van der Waals surface area contributed by atoms with Gasteiger partial charge in [-0.15, -0.1) is 0 Å². The third-order valence-corrected chi connectivity index (χ3v) is 4.96. The van der Waals surface area contributed by atoms with Crippen molar-refractivity contribution in [2.75, 3.05) is 5.32 Å². The minimum Gasteiger partial charge on any atom is -0.370 e. The first-order valence-electron chi connectivity index (χ1n) is 10.1. The Balaban J connectivity index is 1.94. The van der Waals surface area contributed by atoms with Crippen LogP contribution in [0.25, 0.3) is 0 Å². The normalized spacial score (nSPS) is 12.4. The van der Waals surface area contributed by atoms with Crippen LogP contribution in [0.2, 0.25) is 0 Å². The van der Waals surface area contributed by atoms with Gasteiger partial charge >= 0.3 is 6.18 Å². The number of alkyl halides is 3. The molecule has 0 aliphatic heterocycles. The number of primary amides is 1. The number of benzene rings is 2. The molecule has 0 aliphatic carbocycles. The van der Waals surface area contributed by atoms with E-state index in [1.54, 1.807) is 6.92 Å². The van der Waals surface area contributed by atoms with Crippen LogP contribution in [-0.4, -0.2) is 21.6 Å². The van der Waals surface area contributed by atoms with Gasteiger partial charge in [0, 0.05) is 6.92 Å². The average Bonchev–Trinajstić information content (AvgIpc) is 3.11. The Morgan fingerprint density at radius 2 is 1.73 bits per heavy atom. The molecule has 2 amide bonds. The molecule has 3 aromatic rings. The lowest BCUT2D eigenvalue weighted by atomic mass is 10.1. The van der Waals surface area contributed by atoms with Crippen LogP contribution in [0.5, 0.6) is 0 Å². The fraction of sp³-hybridized carbons (Fsp3) is 0.261. The largest absolute Gasteiger partial charge is 0.416 e. The van der Waals surface area contributed by atoms with Crippen LogP contribution in [0.4, 0.5) is 19.0 Å². The quantitative estimate of drug-likeness (QED) is 0.524. The predicted octanol–water partition coefficient (Wildman–Crippen LogP) is 4.29. The van der Waals surface area contributed by atoms with Crippen molar-refractivity contribution in [2.24, 2.45) is 5.73 Å². The van der Waals surface area contributed by atoms with Crippen LogP contribution in [0.1, 0.15) is 52.6 Å². The lowest BCUT2D eigenvalue weighted by Gasteiger charge is -2.17. The van der Waals surface area contributed by atoms with E-state index >= 15 is 0 Å². The highest BCUT2D eigenvalue weighted by Crippen LogP contribution is 2.32. The second kappa shape index (κ2) is 9.86. The van der Waals surface area contributed by atoms with Crippen LogP contribution in [-0.2, 0) is 28.9 Å². The van der Waals surface area contributed by atoms with Gasteiger partial charge in [-0.1, -0.05) is 42.5 Å². The number of nitrogens with one attached hydrogen (secondary N) is 1. The summed E-state index contributed by atoms with van der Waals surface area (Å²) in [4.78, 5) is 24.0. The fourth-order valence-electron chi connectivity index (χ4n) is 3.34. The zero-order valence-corrected chi connectivity index (χ0v) is 18.0. The Morgan fingerprint density at radius 3 is 2.27 bits per heavy atom. The number of rotatable bonds is 8. The van der Waals surface area contributed by atoms with Crippen LogP contribution >= 0.6 is 0 Å². The number of ether oxygens (including phenoxy) is 1. The van der Waals surface area contributed by atoms with Crippen LogP contribution in [0.3, 0.4) is 0 Å². The third kappa shape index (κ3) is 5.78. The Morgan fingerprint density at radius 1 is 1.09 bits per heavy atom. The molecule has 10 heteroatoms. The summed E-state index contributed by atoms with van der Waals surface area (Å²) in [5.74, 6) is -1.22. The summed E-state index contributed by atoms with van der Waals surface area (Å²) in [6.07, 6.45) is -4.46. The molecule has 0 saturated heterocycles. The predicted molar refractivity (Wildman–Crippen MR) is 115 cm³/mol. The van der Waals surface area contributed by atoms with Crippen molar-refractivity contribution in [3.05, 3.63) is 82.5 Å². The Labute approximate surface area is 188 Å². The monoisotopic (exact) mass is 460 g/mol. The Kier molecular flexibility index (Phi) is 7.17. The summed E-state index contributed by atoms with van der Waals surface area (Å²) < 4.78 is 45.8. The summed E-state index contributed by atoms with van der Waals surface area (Å²) in [6, 6.07) is 13.3. The van der Waals surface area contributed by atoms with Gasteiger partial charge in [0.2, 0.25) is 5.91 Å². The molecule has 0 radical (unpaired) electrons. The molecule has 174 valence electrons. The molecule has 3 rings (SSSR count). The van der Waals surface area contributed by atoms with Crippen LogP contribution in [0.15, 0.2) is 54.6 Å². The number of carbonyl (C=O) groups is 2. The number of carbonyl (C=O) groups excluding carboxylic acids is 2. The molecular weight excluding hydrogens is 437 g/mol. The van der Waals surface area contributed by atoms with E-state index in [1.807, 2.05) is 30.3 Å². The fourth-order valence-corrected chi connectivity index (χ4v) is 3.34. The number of anilines is 1. The van der Waals surface area contributed by atoms with E-state index in [0.29, 0.717) is 5.56 Å². The SMILES string of the molecule is CC(=O)Nc1c(C(N)=O)c(COCc2ccccc2)nn1C(C)c1ccc(C(F)(F)F)cc1. The summed E-state index contributed by atoms with van der Waals surface area (Å²) in [7, 11) is 0. The Hall–Kier alpha value is -3.66. The number of nitrogens with two attached hydrogens (primary N) is 1. The highest BCUT2D eigenvalue weighted by atomic mass is 19.4. The standard InChI is InChI=1S/C23H23F3N4O3/c1-14(17-8-10-18(11-9-17)23(24,25)26)30-22(28-15(2)31)20(21(27)32)19(29-30)13-33-12-16-6-4-3-5-7-16/h3-11,14H,12-13H2,1-2H3,(H2,27,32)(H,28,31).